The Morgan fingerprint density at radius 1 is 0.833 bits per heavy atom. The molecule has 3 aromatic carbocycles. The van der Waals surface area contributed by atoms with Crippen LogP contribution >= 0.6 is 31.9 Å². The van der Waals surface area contributed by atoms with Gasteiger partial charge in [-0.3, -0.25) is 9.00 Å². The van der Waals surface area contributed by atoms with Crippen molar-refractivity contribution < 1.29 is 9.00 Å². The summed E-state index contributed by atoms with van der Waals surface area (Å²) in [5, 5.41) is 2.55. The monoisotopic (exact) mass is 547 g/mol. The number of aryl methyl sites for hydroxylation is 1. The summed E-state index contributed by atoms with van der Waals surface area (Å²) in [6, 6.07) is 25.7. The number of carbonyl (C=O) groups is 1. The predicted molar refractivity (Wildman–Crippen MR) is 131 cm³/mol. The molecule has 1 unspecified atom stereocenters. The Labute approximate surface area is 197 Å². The van der Waals surface area contributed by atoms with Gasteiger partial charge in [0.2, 0.25) is 5.91 Å². The lowest BCUT2D eigenvalue weighted by Crippen LogP contribution is -2.31. The van der Waals surface area contributed by atoms with Crippen molar-refractivity contribution in [3.63, 3.8) is 0 Å². The van der Waals surface area contributed by atoms with Crippen LogP contribution in [0.3, 0.4) is 0 Å². The largest absolute Gasteiger partial charge is 0.355 e. The van der Waals surface area contributed by atoms with Crippen molar-refractivity contribution in [3.8, 4) is 0 Å². The van der Waals surface area contributed by atoms with Gasteiger partial charge in [0, 0.05) is 26.3 Å². The van der Waals surface area contributed by atoms with Gasteiger partial charge in [-0.15, -0.1) is 0 Å². The highest BCUT2D eigenvalue weighted by Crippen LogP contribution is 2.30. The summed E-state index contributed by atoms with van der Waals surface area (Å²) >= 11 is 6.89. The van der Waals surface area contributed by atoms with Crippen LogP contribution in [-0.4, -0.2) is 22.4 Å². The summed E-state index contributed by atoms with van der Waals surface area (Å²) in [6.07, 6.45) is 1.76. The maximum atomic E-state index is 13.2. The van der Waals surface area contributed by atoms with E-state index in [4.69, 9.17) is 0 Å². The number of carbonyl (C=O) groups excluding carboxylic acids is 1. The molecular formula is C24H23Br2NO2S. The second kappa shape index (κ2) is 11.6. The highest BCUT2D eigenvalue weighted by molar-refractivity contribution is 9.10. The van der Waals surface area contributed by atoms with Crippen LogP contribution in [0, 0.1) is 0 Å². The Bertz CT molecular complexity index is 931. The first-order valence-corrected chi connectivity index (χ1v) is 12.7. The van der Waals surface area contributed by atoms with Crippen LogP contribution in [0.4, 0.5) is 0 Å². The summed E-state index contributed by atoms with van der Waals surface area (Å²) in [5.41, 5.74) is 3.10. The smallest absolute Gasteiger partial charge is 0.232 e. The maximum Gasteiger partial charge on any atom is 0.232 e. The van der Waals surface area contributed by atoms with E-state index >= 15 is 0 Å². The molecule has 0 heterocycles. The first kappa shape index (κ1) is 22.9. The Hall–Kier alpha value is -1.76. The number of benzene rings is 3. The summed E-state index contributed by atoms with van der Waals surface area (Å²) in [5.74, 6) is -0.206. The molecule has 0 aliphatic rings. The molecule has 0 radical (unpaired) electrons. The lowest BCUT2D eigenvalue weighted by atomic mass is 10.0. The van der Waals surface area contributed by atoms with Crippen molar-refractivity contribution >= 4 is 48.6 Å². The first-order valence-electron chi connectivity index (χ1n) is 9.71. The van der Waals surface area contributed by atoms with E-state index in [-0.39, 0.29) is 16.9 Å². The molecule has 3 aromatic rings. The van der Waals surface area contributed by atoms with Gasteiger partial charge in [0.15, 0.2) is 0 Å². The molecule has 6 heteroatoms. The average molecular weight is 549 g/mol. The van der Waals surface area contributed by atoms with Crippen molar-refractivity contribution in [2.75, 3.05) is 12.3 Å². The van der Waals surface area contributed by atoms with Crippen LogP contribution in [0.5, 0.6) is 0 Å². The van der Waals surface area contributed by atoms with Gasteiger partial charge < -0.3 is 5.32 Å². The molecule has 1 N–H and O–H groups in total. The number of amides is 1. The molecular weight excluding hydrogens is 526 g/mol. The Morgan fingerprint density at radius 3 is 1.90 bits per heavy atom. The minimum absolute atomic E-state index is 0.0257. The quantitative estimate of drug-likeness (QED) is 0.343. The fraction of sp³-hybridized carbons (Fsp3) is 0.208. The Kier molecular flexibility index (Phi) is 8.85. The van der Waals surface area contributed by atoms with Gasteiger partial charge in [-0.1, -0.05) is 86.5 Å². The van der Waals surface area contributed by atoms with Gasteiger partial charge in [0.05, 0.1) is 5.25 Å². The number of halogens is 2. The lowest BCUT2D eigenvalue weighted by molar-refractivity contribution is -0.118. The topological polar surface area (TPSA) is 46.2 Å². The summed E-state index contributed by atoms with van der Waals surface area (Å²) in [7, 11) is -1.39. The summed E-state index contributed by atoms with van der Waals surface area (Å²) < 4.78 is 15.1. The second-order valence-corrected chi connectivity index (χ2v) is 10.3. The number of hydrogen-bond donors (Lipinski definition) is 1. The van der Waals surface area contributed by atoms with Gasteiger partial charge in [-0.25, -0.2) is 0 Å². The molecule has 0 aliphatic heterocycles. The molecule has 0 saturated heterocycles. The fourth-order valence-electron chi connectivity index (χ4n) is 3.20. The molecule has 0 bridgehead atoms. The zero-order valence-corrected chi connectivity index (χ0v) is 20.4. The summed E-state index contributed by atoms with van der Waals surface area (Å²) in [4.78, 5) is 12.4. The van der Waals surface area contributed by atoms with Crippen molar-refractivity contribution in [1.82, 2.24) is 5.32 Å². The van der Waals surface area contributed by atoms with Gasteiger partial charge in [0.25, 0.3) is 0 Å². The van der Waals surface area contributed by atoms with Crippen LogP contribution < -0.4 is 5.32 Å². The molecule has 0 saturated carbocycles. The van der Waals surface area contributed by atoms with Crippen molar-refractivity contribution in [2.45, 2.75) is 18.1 Å². The maximum absolute atomic E-state index is 13.2. The van der Waals surface area contributed by atoms with Crippen LogP contribution in [0.15, 0.2) is 87.8 Å². The van der Waals surface area contributed by atoms with E-state index in [1.54, 1.807) is 0 Å². The molecule has 1 atom stereocenters. The van der Waals surface area contributed by atoms with Gasteiger partial charge in [0.1, 0.15) is 5.75 Å². The van der Waals surface area contributed by atoms with Crippen molar-refractivity contribution in [2.24, 2.45) is 0 Å². The van der Waals surface area contributed by atoms with Crippen LogP contribution in [0.2, 0.25) is 0 Å². The van der Waals surface area contributed by atoms with E-state index in [9.17, 15) is 9.00 Å². The standard InChI is InChI=1S/C24H23Br2NO2S/c25-21-12-8-19(9-13-21)24(20-10-14-22(26)15-11-20)30(29)17-23(28)27-16-4-7-18-5-2-1-3-6-18/h1-3,5-6,8-15,24H,4,7,16-17H2,(H,27,28). The predicted octanol–water partition coefficient (Wildman–Crippen LogP) is 5.80. The number of rotatable bonds is 9. The first-order chi connectivity index (χ1) is 14.5. The van der Waals surface area contributed by atoms with Crippen LogP contribution in [0.1, 0.15) is 28.4 Å². The van der Waals surface area contributed by atoms with E-state index in [0.717, 1.165) is 32.9 Å². The molecule has 3 nitrogen and oxygen atoms in total. The Morgan fingerprint density at radius 2 is 1.37 bits per heavy atom. The molecule has 156 valence electrons. The summed E-state index contributed by atoms with van der Waals surface area (Å²) in [6.45, 7) is 0.576. The third-order valence-electron chi connectivity index (χ3n) is 4.69. The molecule has 3 rings (SSSR count). The molecule has 0 aliphatic carbocycles. The minimum Gasteiger partial charge on any atom is -0.355 e. The third-order valence-corrected chi connectivity index (χ3v) is 7.36. The van der Waals surface area contributed by atoms with Crippen LogP contribution in [-0.2, 0) is 22.0 Å². The lowest BCUT2D eigenvalue weighted by Gasteiger charge is -2.18. The van der Waals surface area contributed by atoms with Gasteiger partial charge in [-0.2, -0.15) is 0 Å². The van der Waals surface area contributed by atoms with Crippen LogP contribution in [0.25, 0.3) is 0 Å². The highest BCUT2D eigenvalue weighted by Gasteiger charge is 2.23. The molecule has 0 fully saturated rings. The zero-order valence-electron chi connectivity index (χ0n) is 16.4. The third kappa shape index (κ3) is 6.89. The van der Waals surface area contributed by atoms with Crippen molar-refractivity contribution in [1.29, 1.82) is 0 Å². The van der Waals surface area contributed by atoms with Gasteiger partial charge in [-0.05, 0) is 53.8 Å². The van der Waals surface area contributed by atoms with E-state index in [1.165, 1.54) is 5.56 Å². The second-order valence-electron chi connectivity index (χ2n) is 6.95. The van der Waals surface area contributed by atoms with E-state index in [0.29, 0.717) is 6.54 Å². The van der Waals surface area contributed by atoms with E-state index < -0.39 is 10.8 Å². The minimum atomic E-state index is -1.39. The molecule has 0 spiro atoms. The fourth-order valence-corrected chi connectivity index (χ4v) is 5.18. The molecule has 30 heavy (non-hydrogen) atoms. The highest BCUT2D eigenvalue weighted by atomic mass is 79.9. The van der Waals surface area contributed by atoms with Gasteiger partial charge >= 0.3 is 0 Å². The molecule has 1 amide bonds. The Balaban J connectivity index is 1.61. The van der Waals surface area contributed by atoms with E-state index in [1.807, 2.05) is 66.7 Å². The van der Waals surface area contributed by atoms with Crippen molar-refractivity contribution in [3.05, 3.63) is 104 Å². The number of nitrogens with one attached hydrogen (secondary N) is 1. The molecule has 0 aromatic heterocycles. The zero-order chi connectivity index (χ0) is 21.3. The SMILES string of the molecule is O=C(CS(=O)C(c1ccc(Br)cc1)c1ccc(Br)cc1)NCCCc1ccccc1. The van der Waals surface area contributed by atoms with E-state index in [2.05, 4.69) is 49.3 Å². The normalized spacial score (nSPS) is 12.0. The average Bonchev–Trinajstić information content (AvgIpc) is 2.75. The number of hydrogen-bond acceptors (Lipinski definition) is 2.